The molecule has 0 aliphatic rings. The Morgan fingerprint density at radius 1 is 1.38 bits per heavy atom. The largest absolute Gasteiger partial charge is 0.300 e. The number of amides is 1. The SMILES string of the molecule is CCc1nnc(NC(=O)C(C)Sc2nnc(C)c(=O)[nH]2)s1. The molecule has 112 valence electrons. The summed E-state index contributed by atoms with van der Waals surface area (Å²) in [6.07, 6.45) is 0.776. The molecule has 0 aliphatic carbocycles. The maximum Gasteiger partial charge on any atom is 0.273 e. The van der Waals surface area contributed by atoms with Crippen molar-refractivity contribution in [2.45, 2.75) is 37.6 Å². The topological polar surface area (TPSA) is 114 Å². The summed E-state index contributed by atoms with van der Waals surface area (Å²) in [5.74, 6) is -0.234. The van der Waals surface area contributed by atoms with Crippen LogP contribution in [0.3, 0.4) is 0 Å². The molecule has 2 aromatic heterocycles. The second-order valence-corrected chi connectivity index (χ2v) is 6.54. The molecule has 0 saturated carbocycles. The van der Waals surface area contributed by atoms with Gasteiger partial charge in [-0.3, -0.25) is 19.9 Å². The Kier molecular flexibility index (Phi) is 5.02. The number of carbonyl (C=O) groups excluding carboxylic acids is 1. The Hall–Kier alpha value is -1.81. The van der Waals surface area contributed by atoms with Crippen LogP contribution in [-0.2, 0) is 11.2 Å². The van der Waals surface area contributed by atoms with Gasteiger partial charge in [0.15, 0.2) is 5.16 Å². The van der Waals surface area contributed by atoms with Gasteiger partial charge in [-0.05, 0) is 20.3 Å². The van der Waals surface area contributed by atoms with E-state index in [4.69, 9.17) is 0 Å². The number of hydrogen-bond donors (Lipinski definition) is 2. The van der Waals surface area contributed by atoms with Gasteiger partial charge >= 0.3 is 0 Å². The van der Waals surface area contributed by atoms with Gasteiger partial charge in [0, 0.05) is 0 Å². The van der Waals surface area contributed by atoms with Crippen molar-refractivity contribution in [2.75, 3.05) is 5.32 Å². The number of aromatic amines is 1. The summed E-state index contributed by atoms with van der Waals surface area (Å²) in [6, 6.07) is 0. The lowest BCUT2D eigenvalue weighted by molar-refractivity contribution is -0.115. The van der Waals surface area contributed by atoms with Crippen molar-refractivity contribution in [3.05, 3.63) is 21.1 Å². The standard InChI is InChI=1S/C11H14N6O2S2/c1-4-7-15-17-11(21-7)13-9(19)6(3)20-10-12-8(18)5(2)14-16-10/h6H,4H2,1-3H3,(H,12,16,18)(H,13,17,19). The van der Waals surface area contributed by atoms with E-state index in [2.05, 4.69) is 30.7 Å². The highest BCUT2D eigenvalue weighted by molar-refractivity contribution is 8.00. The van der Waals surface area contributed by atoms with Crippen molar-refractivity contribution >= 4 is 34.1 Å². The van der Waals surface area contributed by atoms with Crippen LogP contribution in [0.2, 0.25) is 0 Å². The first-order valence-electron chi connectivity index (χ1n) is 6.23. The molecule has 0 aromatic carbocycles. The molecule has 2 aromatic rings. The van der Waals surface area contributed by atoms with Crippen LogP contribution < -0.4 is 10.9 Å². The molecule has 2 rings (SSSR count). The first-order chi connectivity index (χ1) is 9.99. The third kappa shape index (κ3) is 4.08. The van der Waals surface area contributed by atoms with E-state index in [-0.39, 0.29) is 17.2 Å². The Balaban J connectivity index is 1.98. The Bertz CT molecular complexity index is 698. The highest BCUT2D eigenvalue weighted by Crippen LogP contribution is 2.21. The van der Waals surface area contributed by atoms with E-state index >= 15 is 0 Å². The average Bonchev–Trinajstić information content (AvgIpc) is 2.90. The predicted molar refractivity (Wildman–Crippen MR) is 80.6 cm³/mol. The highest BCUT2D eigenvalue weighted by Gasteiger charge is 2.18. The number of carbonyl (C=O) groups is 1. The minimum Gasteiger partial charge on any atom is -0.300 e. The van der Waals surface area contributed by atoms with E-state index in [9.17, 15) is 9.59 Å². The number of rotatable bonds is 5. The Labute approximate surface area is 128 Å². The number of aromatic nitrogens is 5. The molecule has 2 N–H and O–H groups in total. The third-order valence-corrected chi connectivity index (χ3v) is 4.45. The highest BCUT2D eigenvalue weighted by atomic mass is 32.2. The van der Waals surface area contributed by atoms with Gasteiger partial charge in [0.2, 0.25) is 11.0 Å². The van der Waals surface area contributed by atoms with Gasteiger partial charge in [0.25, 0.3) is 5.56 Å². The molecule has 0 radical (unpaired) electrons. The van der Waals surface area contributed by atoms with Crippen LogP contribution in [0.4, 0.5) is 5.13 Å². The van der Waals surface area contributed by atoms with Crippen molar-refractivity contribution in [1.29, 1.82) is 0 Å². The molecule has 0 spiro atoms. The number of hydrogen-bond acceptors (Lipinski definition) is 8. The second kappa shape index (κ2) is 6.76. The minimum atomic E-state index is -0.452. The van der Waals surface area contributed by atoms with Crippen LogP contribution in [0.15, 0.2) is 9.95 Å². The molecule has 1 amide bonds. The van der Waals surface area contributed by atoms with Crippen LogP contribution in [-0.4, -0.2) is 36.5 Å². The predicted octanol–water partition coefficient (Wildman–Crippen LogP) is 1.01. The average molecular weight is 326 g/mol. The normalized spacial score (nSPS) is 12.1. The molecule has 10 heteroatoms. The Morgan fingerprint density at radius 2 is 2.14 bits per heavy atom. The maximum atomic E-state index is 12.0. The van der Waals surface area contributed by atoms with E-state index in [1.807, 2.05) is 6.92 Å². The molecular weight excluding hydrogens is 312 g/mol. The van der Waals surface area contributed by atoms with Gasteiger partial charge in [0.1, 0.15) is 10.7 Å². The smallest absolute Gasteiger partial charge is 0.273 e. The van der Waals surface area contributed by atoms with E-state index in [0.29, 0.717) is 10.3 Å². The number of aryl methyl sites for hydroxylation is 2. The molecule has 1 atom stereocenters. The lowest BCUT2D eigenvalue weighted by atomic mass is 10.4. The summed E-state index contributed by atoms with van der Waals surface area (Å²) >= 11 is 2.46. The van der Waals surface area contributed by atoms with Crippen molar-refractivity contribution in [3.8, 4) is 0 Å². The van der Waals surface area contributed by atoms with Crippen LogP contribution >= 0.6 is 23.1 Å². The molecule has 8 nitrogen and oxygen atoms in total. The number of nitrogens with zero attached hydrogens (tertiary/aromatic N) is 4. The Morgan fingerprint density at radius 3 is 2.76 bits per heavy atom. The zero-order valence-corrected chi connectivity index (χ0v) is 13.3. The van der Waals surface area contributed by atoms with Gasteiger partial charge in [-0.2, -0.15) is 0 Å². The number of nitrogens with one attached hydrogen (secondary N) is 2. The van der Waals surface area contributed by atoms with Crippen LogP contribution in [0.5, 0.6) is 0 Å². The zero-order chi connectivity index (χ0) is 15.4. The van der Waals surface area contributed by atoms with Crippen molar-refractivity contribution in [1.82, 2.24) is 25.4 Å². The fourth-order valence-electron chi connectivity index (χ4n) is 1.31. The summed E-state index contributed by atoms with van der Waals surface area (Å²) in [5.41, 5.74) is -0.0192. The fourth-order valence-corrected chi connectivity index (χ4v) is 2.73. The zero-order valence-electron chi connectivity index (χ0n) is 11.7. The molecule has 1 unspecified atom stereocenters. The van der Waals surface area contributed by atoms with E-state index < -0.39 is 5.25 Å². The van der Waals surface area contributed by atoms with Gasteiger partial charge in [0.05, 0.1) is 5.25 Å². The van der Waals surface area contributed by atoms with E-state index in [0.717, 1.165) is 23.2 Å². The lowest BCUT2D eigenvalue weighted by Gasteiger charge is -2.08. The summed E-state index contributed by atoms with van der Waals surface area (Å²) < 4.78 is 0. The molecule has 21 heavy (non-hydrogen) atoms. The van der Waals surface area contributed by atoms with Crippen molar-refractivity contribution < 1.29 is 4.79 Å². The molecule has 0 saturated heterocycles. The van der Waals surface area contributed by atoms with E-state index in [1.165, 1.54) is 11.3 Å². The quantitative estimate of drug-likeness (QED) is 0.788. The van der Waals surface area contributed by atoms with Gasteiger partial charge in [-0.1, -0.05) is 30.0 Å². The van der Waals surface area contributed by atoms with Crippen LogP contribution in [0.25, 0.3) is 0 Å². The van der Waals surface area contributed by atoms with Crippen molar-refractivity contribution in [2.24, 2.45) is 0 Å². The second-order valence-electron chi connectivity index (χ2n) is 4.15. The summed E-state index contributed by atoms with van der Waals surface area (Å²) in [5, 5.41) is 19.2. The molecule has 2 heterocycles. The van der Waals surface area contributed by atoms with Gasteiger partial charge < -0.3 is 0 Å². The summed E-state index contributed by atoms with van der Waals surface area (Å²) in [6.45, 7) is 5.25. The lowest BCUT2D eigenvalue weighted by Crippen LogP contribution is -2.23. The first kappa shape index (κ1) is 15.6. The number of anilines is 1. The molecule has 0 aliphatic heterocycles. The monoisotopic (exact) mass is 326 g/mol. The molecular formula is C11H14N6O2S2. The molecule has 0 fully saturated rings. The maximum absolute atomic E-state index is 12.0. The van der Waals surface area contributed by atoms with Gasteiger partial charge in [-0.15, -0.1) is 20.4 Å². The first-order valence-corrected chi connectivity index (χ1v) is 7.92. The summed E-state index contributed by atoms with van der Waals surface area (Å²) in [7, 11) is 0. The number of H-pyrrole nitrogens is 1. The van der Waals surface area contributed by atoms with E-state index in [1.54, 1.807) is 13.8 Å². The third-order valence-electron chi connectivity index (χ3n) is 2.50. The van der Waals surface area contributed by atoms with Crippen LogP contribution in [0.1, 0.15) is 24.5 Å². The number of thioether (sulfide) groups is 1. The fraction of sp³-hybridized carbons (Fsp3) is 0.455. The van der Waals surface area contributed by atoms with Gasteiger partial charge in [-0.25, -0.2) is 0 Å². The summed E-state index contributed by atoms with van der Waals surface area (Å²) in [4.78, 5) is 26.0. The van der Waals surface area contributed by atoms with Crippen molar-refractivity contribution in [3.63, 3.8) is 0 Å². The van der Waals surface area contributed by atoms with Crippen LogP contribution in [0, 0.1) is 6.92 Å². The molecule has 0 bridgehead atoms. The minimum absolute atomic E-state index is 0.234.